The standard InChI is InChI=1S/C24H30N4O2/c25-20-27-24(30-22-11-3-1-4-12-22)26-14-5-8-17-29-23-13-9-10-21(18-23)19-28-15-6-2-7-16-28/h1,3-4,9-13,18H,2,5-8,14-17,19H2,(H,26,27). The number of likely N-dealkylation sites (tertiary alicyclic amines) is 1. The molecule has 1 fully saturated rings. The second-order valence-corrected chi connectivity index (χ2v) is 7.38. The molecule has 3 rings (SSSR count). The fraction of sp³-hybridized carbons (Fsp3) is 0.417. The van der Waals surface area contributed by atoms with E-state index in [0.29, 0.717) is 18.9 Å². The Morgan fingerprint density at radius 3 is 2.60 bits per heavy atom. The zero-order chi connectivity index (χ0) is 20.9. The van der Waals surface area contributed by atoms with Gasteiger partial charge in [-0.1, -0.05) is 36.8 Å². The van der Waals surface area contributed by atoms with Gasteiger partial charge in [-0.15, -0.1) is 0 Å². The van der Waals surface area contributed by atoms with Gasteiger partial charge in [0.05, 0.1) is 6.61 Å². The largest absolute Gasteiger partial charge is 0.494 e. The maximum Gasteiger partial charge on any atom is 0.303 e. The Kier molecular flexibility index (Phi) is 9.03. The zero-order valence-electron chi connectivity index (χ0n) is 17.4. The Labute approximate surface area is 179 Å². The first-order valence-corrected chi connectivity index (χ1v) is 10.7. The van der Waals surface area contributed by atoms with Crippen LogP contribution in [0.4, 0.5) is 0 Å². The van der Waals surface area contributed by atoms with Crippen LogP contribution in [0.3, 0.4) is 0 Å². The minimum absolute atomic E-state index is 0.218. The summed E-state index contributed by atoms with van der Waals surface area (Å²) in [7, 11) is 0. The predicted molar refractivity (Wildman–Crippen MR) is 118 cm³/mol. The first kappa shape index (κ1) is 21.7. The quantitative estimate of drug-likeness (QED) is 0.221. The van der Waals surface area contributed by atoms with Crippen LogP contribution in [0.25, 0.3) is 0 Å². The molecule has 1 saturated heterocycles. The van der Waals surface area contributed by atoms with E-state index in [4.69, 9.17) is 14.7 Å². The van der Waals surface area contributed by atoms with Crippen LogP contribution < -0.4 is 14.8 Å². The highest BCUT2D eigenvalue weighted by Gasteiger charge is 2.10. The molecule has 1 aliphatic heterocycles. The topological polar surface area (TPSA) is 69.9 Å². The summed E-state index contributed by atoms with van der Waals surface area (Å²) in [6.45, 7) is 4.60. The van der Waals surface area contributed by atoms with Gasteiger partial charge >= 0.3 is 6.02 Å². The Hall–Kier alpha value is -3.04. The lowest BCUT2D eigenvalue weighted by Gasteiger charge is -2.26. The van der Waals surface area contributed by atoms with Crippen LogP contribution in [0, 0.1) is 11.5 Å². The number of piperidine rings is 1. The number of hydrogen-bond acceptors (Lipinski definition) is 5. The molecule has 1 N–H and O–H groups in total. The second kappa shape index (κ2) is 12.5. The van der Waals surface area contributed by atoms with Crippen LogP contribution in [0.15, 0.2) is 59.6 Å². The maximum absolute atomic E-state index is 8.86. The first-order chi connectivity index (χ1) is 14.8. The van der Waals surface area contributed by atoms with E-state index in [9.17, 15) is 0 Å². The first-order valence-electron chi connectivity index (χ1n) is 10.7. The minimum Gasteiger partial charge on any atom is -0.494 e. The molecule has 0 saturated carbocycles. The number of para-hydroxylation sites is 1. The molecular weight excluding hydrogens is 376 g/mol. The van der Waals surface area contributed by atoms with Crippen molar-refractivity contribution in [2.75, 3.05) is 26.2 Å². The van der Waals surface area contributed by atoms with Crippen molar-refractivity contribution in [2.24, 2.45) is 4.99 Å². The van der Waals surface area contributed by atoms with E-state index in [-0.39, 0.29) is 6.02 Å². The number of hydrogen-bond donors (Lipinski definition) is 1. The van der Waals surface area contributed by atoms with Gasteiger partial charge in [0.1, 0.15) is 11.5 Å². The number of rotatable bonds is 9. The Balaban J connectivity index is 1.37. The van der Waals surface area contributed by atoms with E-state index in [1.165, 1.54) is 37.9 Å². The van der Waals surface area contributed by atoms with Gasteiger partial charge in [0.2, 0.25) is 0 Å². The number of aliphatic imine (C=N–C) groups is 1. The maximum atomic E-state index is 8.86. The lowest BCUT2D eigenvalue weighted by Crippen LogP contribution is -2.29. The van der Waals surface area contributed by atoms with E-state index < -0.39 is 0 Å². The normalized spacial score (nSPS) is 14.7. The smallest absolute Gasteiger partial charge is 0.303 e. The van der Waals surface area contributed by atoms with Crippen molar-refractivity contribution in [3.8, 4) is 17.7 Å². The fourth-order valence-corrected chi connectivity index (χ4v) is 3.44. The highest BCUT2D eigenvalue weighted by atomic mass is 16.5. The summed E-state index contributed by atoms with van der Waals surface area (Å²) in [4.78, 5) is 6.85. The van der Waals surface area contributed by atoms with Gasteiger partial charge in [-0.25, -0.2) is 10.3 Å². The van der Waals surface area contributed by atoms with Gasteiger partial charge in [-0.05, 0) is 68.6 Å². The molecule has 0 unspecified atom stereocenters. The second-order valence-electron chi connectivity index (χ2n) is 7.38. The molecule has 0 aromatic heterocycles. The van der Waals surface area contributed by atoms with Gasteiger partial charge < -0.3 is 9.47 Å². The number of nitrogens with zero attached hydrogens (tertiary/aromatic N) is 3. The summed E-state index contributed by atoms with van der Waals surface area (Å²) in [5.41, 5.74) is 1.31. The van der Waals surface area contributed by atoms with Crippen LogP contribution in [0.1, 0.15) is 37.7 Å². The van der Waals surface area contributed by atoms with Gasteiger partial charge in [-0.2, -0.15) is 5.26 Å². The third kappa shape index (κ3) is 7.76. The number of unbranched alkanes of at least 4 members (excludes halogenated alkanes) is 1. The molecule has 1 aliphatic rings. The van der Waals surface area contributed by atoms with Crippen LogP contribution >= 0.6 is 0 Å². The molecular formula is C24H30N4O2. The summed E-state index contributed by atoms with van der Waals surface area (Å²) >= 11 is 0. The molecule has 0 bridgehead atoms. The van der Waals surface area contributed by atoms with Crippen molar-refractivity contribution >= 4 is 6.02 Å². The summed E-state index contributed by atoms with van der Waals surface area (Å²) in [6.07, 6.45) is 7.56. The molecule has 30 heavy (non-hydrogen) atoms. The van der Waals surface area contributed by atoms with E-state index in [2.05, 4.69) is 33.4 Å². The number of ether oxygens (including phenoxy) is 2. The number of nitrogens with one attached hydrogen (secondary N) is 1. The van der Waals surface area contributed by atoms with E-state index >= 15 is 0 Å². The van der Waals surface area contributed by atoms with Gasteiger partial charge in [0.15, 0.2) is 6.19 Å². The molecule has 2 aromatic carbocycles. The highest BCUT2D eigenvalue weighted by molar-refractivity contribution is 5.77. The molecule has 0 aliphatic carbocycles. The lowest BCUT2D eigenvalue weighted by atomic mass is 10.1. The van der Waals surface area contributed by atoms with Crippen molar-refractivity contribution in [1.82, 2.24) is 10.2 Å². The average Bonchev–Trinajstić information content (AvgIpc) is 2.78. The molecule has 0 radical (unpaired) electrons. The molecule has 6 nitrogen and oxygen atoms in total. The Morgan fingerprint density at radius 1 is 1.00 bits per heavy atom. The summed E-state index contributed by atoms with van der Waals surface area (Å²) in [6, 6.07) is 17.9. The van der Waals surface area contributed by atoms with Crippen LogP contribution in [-0.4, -0.2) is 37.2 Å². The van der Waals surface area contributed by atoms with Crippen molar-refractivity contribution in [2.45, 2.75) is 38.6 Å². The summed E-state index contributed by atoms with van der Waals surface area (Å²) in [5, 5.41) is 11.3. The van der Waals surface area contributed by atoms with E-state index in [0.717, 1.165) is 25.1 Å². The summed E-state index contributed by atoms with van der Waals surface area (Å²) < 4.78 is 11.5. The van der Waals surface area contributed by atoms with Crippen LogP contribution in [0.5, 0.6) is 11.5 Å². The third-order valence-corrected chi connectivity index (χ3v) is 4.95. The average molecular weight is 407 g/mol. The van der Waals surface area contributed by atoms with E-state index in [1.807, 2.05) is 42.6 Å². The molecule has 158 valence electrons. The van der Waals surface area contributed by atoms with Gasteiger partial charge in [0.25, 0.3) is 0 Å². The zero-order valence-corrected chi connectivity index (χ0v) is 17.4. The van der Waals surface area contributed by atoms with Crippen molar-refractivity contribution in [3.63, 3.8) is 0 Å². The Bertz CT molecular complexity index is 827. The SMILES string of the molecule is N#CNC(=NCCCCOc1cccc(CN2CCCCC2)c1)Oc1ccccc1. The third-order valence-electron chi connectivity index (χ3n) is 4.95. The Morgan fingerprint density at radius 2 is 1.80 bits per heavy atom. The van der Waals surface area contributed by atoms with Gasteiger partial charge in [-0.3, -0.25) is 4.90 Å². The van der Waals surface area contributed by atoms with Crippen molar-refractivity contribution in [3.05, 3.63) is 60.2 Å². The minimum atomic E-state index is 0.218. The molecule has 0 amide bonds. The number of benzene rings is 2. The summed E-state index contributed by atoms with van der Waals surface area (Å²) in [5.74, 6) is 1.57. The lowest BCUT2D eigenvalue weighted by molar-refractivity contribution is 0.220. The monoisotopic (exact) mass is 406 g/mol. The van der Waals surface area contributed by atoms with Crippen molar-refractivity contribution < 1.29 is 9.47 Å². The fourth-order valence-electron chi connectivity index (χ4n) is 3.44. The van der Waals surface area contributed by atoms with Crippen molar-refractivity contribution in [1.29, 1.82) is 5.26 Å². The number of nitriles is 1. The molecule has 0 spiro atoms. The number of amidine groups is 1. The van der Waals surface area contributed by atoms with E-state index in [1.54, 1.807) is 0 Å². The van der Waals surface area contributed by atoms with Crippen LogP contribution in [-0.2, 0) is 6.54 Å². The van der Waals surface area contributed by atoms with Gasteiger partial charge in [0, 0.05) is 13.1 Å². The predicted octanol–water partition coefficient (Wildman–Crippen LogP) is 4.34. The highest BCUT2D eigenvalue weighted by Crippen LogP contribution is 2.18. The molecule has 6 heteroatoms. The van der Waals surface area contributed by atoms with Crippen LogP contribution in [0.2, 0.25) is 0 Å². The molecule has 1 heterocycles. The molecule has 0 atom stereocenters. The molecule has 2 aromatic rings.